The lowest BCUT2D eigenvalue weighted by atomic mass is 10.8. The number of hydrogen-bond donors (Lipinski definition) is 0. The minimum absolute atomic E-state index is 0.416. The fourth-order valence-corrected chi connectivity index (χ4v) is 0.496. The highest BCUT2D eigenvalue weighted by Gasteiger charge is 2.09. The molecule has 4 nitrogen and oxygen atoms in total. The summed E-state index contributed by atoms with van der Waals surface area (Å²) in [5.74, 6) is 0. The van der Waals surface area contributed by atoms with E-state index in [1.54, 1.807) is 0 Å². The summed E-state index contributed by atoms with van der Waals surface area (Å²) >= 11 is 0. The van der Waals surface area contributed by atoms with Crippen molar-refractivity contribution in [1.29, 1.82) is 0 Å². The summed E-state index contributed by atoms with van der Waals surface area (Å²) in [4.78, 5) is 9.80. The highest BCUT2D eigenvalue weighted by atomic mass is 16.8. The van der Waals surface area contributed by atoms with Crippen LogP contribution in [0.1, 0.15) is 13.8 Å². The molecule has 1 heterocycles. The zero-order valence-electron chi connectivity index (χ0n) is 6.96. The molecule has 0 bridgehead atoms. The zero-order valence-corrected chi connectivity index (χ0v) is 6.96. The van der Waals surface area contributed by atoms with E-state index in [0.29, 0.717) is 13.2 Å². The Morgan fingerprint density at radius 3 is 1.82 bits per heavy atom. The molecular formula is C7H14O4. The maximum absolute atomic E-state index is 9.80. The maximum Gasteiger partial charge on any atom is 0.508 e. The van der Waals surface area contributed by atoms with E-state index >= 15 is 0 Å². The van der Waals surface area contributed by atoms with Crippen LogP contribution in [0.5, 0.6) is 0 Å². The van der Waals surface area contributed by atoms with Gasteiger partial charge in [-0.25, -0.2) is 4.79 Å². The molecule has 1 aliphatic rings. The van der Waals surface area contributed by atoms with Crippen molar-refractivity contribution in [1.82, 2.24) is 0 Å². The first-order valence-electron chi connectivity index (χ1n) is 3.68. The fraction of sp³-hybridized carbons (Fsp3) is 0.857. The fourth-order valence-electron chi connectivity index (χ4n) is 0.496. The lowest BCUT2D eigenvalue weighted by molar-refractivity contribution is 0.131. The van der Waals surface area contributed by atoms with Crippen molar-refractivity contribution in [3.63, 3.8) is 0 Å². The average Bonchev–Trinajstić information content (AvgIpc) is 2.43. The van der Waals surface area contributed by atoms with Gasteiger partial charge in [0.25, 0.3) is 0 Å². The predicted octanol–water partition coefficient (Wildman–Crippen LogP) is 1.20. The van der Waals surface area contributed by atoms with E-state index in [9.17, 15) is 4.79 Å². The van der Waals surface area contributed by atoms with Crippen LogP contribution < -0.4 is 0 Å². The minimum atomic E-state index is -0.546. The zero-order chi connectivity index (χ0) is 8.53. The summed E-state index contributed by atoms with van der Waals surface area (Å²) in [5, 5.41) is 0. The first-order chi connectivity index (χ1) is 5.31. The van der Waals surface area contributed by atoms with Gasteiger partial charge in [0.2, 0.25) is 0 Å². The second-order valence-electron chi connectivity index (χ2n) is 1.73. The van der Waals surface area contributed by atoms with Gasteiger partial charge in [-0.15, -0.1) is 0 Å². The van der Waals surface area contributed by atoms with E-state index in [4.69, 9.17) is 4.74 Å². The third-order valence-electron chi connectivity index (χ3n) is 0.931. The van der Waals surface area contributed by atoms with Gasteiger partial charge in [-0.1, -0.05) is 0 Å². The van der Waals surface area contributed by atoms with Gasteiger partial charge in [-0.3, -0.25) is 0 Å². The number of hydrogen-bond acceptors (Lipinski definition) is 4. The summed E-state index contributed by atoms with van der Waals surface area (Å²) in [6, 6.07) is 0. The molecule has 0 aromatic carbocycles. The van der Waals surface area contributed by atoms with Crippen molar-refractivity contribution in [2.24, 2.45) is 0 Å². The number of carbonyl (C=O) groups is 1. The van der Waals surface area contributed by atoms with Gasteiger partial charge in [-0.05, 0) is 13.8 Å². The summed E-state index contributed by atoms with van der Waals surface area (Å²) in [6.45, 7) is 6.50. The molecule has 4 heteroatoms. The Labute approximate surface area is 66.4 Å². The van der Waals surface area contributed by atoms with Crippen LogP contribution in [0.2, 0.25) is 0 Å². The SMILES string of the molecule is CCOCC.O=C1OCCO1. The normalized spacial score (nSPS) is 14.5. The minimum Gasteiger partial charge on any atom is -0.431 e. The summed E-state index contributed by atoms with van der Waals surface area (Å²) in [7, 11) is 0. The van der Waals surface area contributed by atoms with Crippen LogP contribution in [-0.2, 0) is 14.2 Å². The van der Waals surface area contributed by atoms with Gasteiger partial charge in [0.05, 0.1) is 0 Å². The lowest BCUT2D eigenvalue weighted by Gasteiger charge is -1.86. The number of ether oxygens (including phenoxy) is 3. The molecule has 1 fully saturated rings. The van der Waals surface area contributed by atoms with Crippen molar-refractivity contribution >= 4 is 6.16 Å². The Bertz CT molecular complexity index is 92.6. The monoisotopic (exact) mass is 162 g/mol. The van der Waals surface area contributed by atoms with Gasteiger partial charge in [-0.2, -0.15) is 0 Å². The van der Waals surface area contributed by atoms with Crippen molar-refractivity contribution in [2.45, 2.75) is 13.8 Å². The summed E-state index contributed by atoms with van der Waals surface area (Å²) in [5.41, 5.74) is 0. The Hall–Kier alpha value is -0.770. The van der Waals surface area contributed by atoms with E-state index in [0.717, 1.165) is 13.2 Å². The second-order valence-corrected chi connectivity index (χ2v) is 1.73. The van der Waals surface area contributed by atoms with Gasteiger partial charge in [0, 0.05) is 13.2 Å². The Morgan fingerprint density at radius 2 is 1.73 bits per heavy atom. The van der Waals surface area contributed by atoms with E-state index < -0.39 is 6.16 Å². The summed E-state index contributed by atoms with van der Waals surface area (Å²) in [6.07, 6.45) is -0.546. The average molecular weight is 162 g/mol. The number of carbonyl (C=O) groups excluding carboxylic acids is 1. The predicted molar refractivity (Wildman–Crippen MR) is 39.5 cm³/mol. The third kappa shape index (κ3) is 7.12. The van der Waals surface area contributed by atoms with Crippen molar-refractivity contribution in [3.8, 4) is 0 Å². The molecular weight excluding hydrogens is 148 g/mol. The Kier molecular flexibility index (Phi) is 6.82. The molecule has 0 N–H and O–H groups in total. The molecule has 1 saturated heterocycles. The molecule has 0 aromatic heterocycles. The van der Waals surface area contributed by atoms with Crippen LogP contribution in [0.25, 0.3) is 0 Å². The molecule has 0 aromatic rings. The second kappa shape index (κ2) is 7.34. The van der Waals surface area contributed by atoms with Gasteiger partial charge < -0.3 is 14.2 Å². The highest BCUT2D eigenvalue weighted by Crippen LogP contribution is 1.92. The topological polar surface area (TPSA) is 44.8 Å². The smallest absolute Gasteiger partial charge is 0.431 e. The molecule has 0 saturated carbocycles. The lowest BCUT2D eigenvalue weighted by Crippen LogP contribution is -1.88. The molecule has 0 atom stereocenters. The highest BCUT2D eigenvalue weighted by molar-refractivity contribution is 5.61. The van der Waals surface area contributed by atoms with Crippen molar-refractivity contribution in [2.75, 3.05) is 26.4 Å². The molecule has 0 spiro atoms. The van der Waals surface area contributed by atoms with E-state index in [2.05, 4.69) is 9.47 Å². The third-order valence-corrected chi connectivity index (χ3v) is 0.931. The van der Waals surface area contributed by atoms with E-state index in [-0.39, 0.29) is 0 Å². The molecule has 0 radical (unpaired) electrons. The van der Waals surface area contributed by atoms with Gasteiger partial charge >= 0.3 is 6.16 Å². The summed E-state index contributed by atoms with van der Waals surface area (Å²) < 4.78 is 13.4. The van der Waals surface area contributed by atoms with E-state index in [1.165, 1.54) is 0 Å². The number of cyclic esters (lactones) is 2. The van der Waals surface area contributed by atoms with Crippen LogP contribution in [0, 0.1) is 0 Å². The molecule has 0 unspecified atom stereocenters. The molecule has 11 heavy (non-hydrogen) atoms. The first kappa shape index (κ1) is 10.2. The first-order valence-corrected chi connectivity index (χ1v) is 3.68. The van der Waals surface area contributed by atoms with Crippen LogP contribution in [0.4, 0.5) is 4.79 Å². The Morgan fingerprint density at radius 1 is 1.27 bits per heavy atom. The van der Waals surface area contributed by atoms with Gasteiger partial charge in [0.15, 0.2) is 0 Å². The number of rotatable bonds is 2. The van der Waals surface area contributed by atoms with E-state index in [1.807, 2.05) is 13.8 Å². The maximum atomic E-state index is 9.80. The standard InChI is InChI=1S/C4H10O.C3H4O3/c1-3-5-4-2;4-3-5-1-2-6-3/h3-4H2,1-2H3;1-2H2. The molecule has 1 rings (SSSR count). The molecule has 0 aliphatic carbocycles. The van der Waals surface area contributed by atoms with Crippen LogP contribution in [0.3, 0.4) is 0 Å². The van der Waals surface area contributed by atoms with Crippen LogP contribution in [-0.4, -0.2) is 32.6 Å². The van der Waals surface area contributed by atoms with Gasteiger partial charge in [0.1, 0.15) is 13.2 Å². The van der Waals surface area contributed by atoms with Crippen LogP contribution >= 0.6 is 0 Å². The molecule has 0 amide bonds. The Balaban J connectivity index is 0.000000187. The largest absolute Gasteiger partial charge is 0.508 e. The van der Waals surface area contributed by atoms with Crippen molar-refractivity contribution < 1.29 is 19.0 Å². The molecule has 66 valence electrons. The van der Waals surface area contributed by atoms with Crippen LogP contribution in [0.15, 0.2) is 0 Å². The molecule has 1 aliphatic heterocycles. The quantitative estimate of drug-likeness (QED) is 0.572. The van der Waals surface area contributed by atoms with Crippen molar-refractivity contribution in [3.05, 3.63) is 0 Å².